The van der Waals surface area contributed by atoms with Gasteiger partial charge in [-0.05, 0) is 37.1 Å². The van der Waals surface area contributed by atoms with Gasteiger partial charge in [-0.25, -0.2) is 4.79 Å². The quantitative estimate of drug-likeness (QED) is 0.874. The molecule has 1 aliphatic rings. The van der Waals surface area contributed by atoms with Crippen LogP contribution in [0.3, 0.4) is 0 Å². The molecule has 0 bridgehead atoms. The van der Waals surface area contributed by atoms with E-state index in [-0.39, 0.29) is 11.9 Å². The molecule has 0 saturated carbocycles. The molecule has 1 N–H and O–H groups in total. The number of ether oxygens (including phenoxy) is 2. The molecular weight excluding hydrogens is 314 g/mol. The number of aryl methyl sites for hydroxylation is 1. The van der Waals surface area contributed by atoms with Gasteiger partial charge in [-0.1, -0.05) is 18.2 Å². The van der Waals surface area contributed by atoms with Crippen molar-refractivity contribution in [3.05, 3.63) is 46.3 Å². The maximum Gasteiger partial charge on any atom is 0.348 e. The average Bonchev–Trinajstić information content (AvgIpc) is 3.11. The summed E-state index contributed by atoms with van der Waals surface area (Å²) in [5.74, 6) is 0.181. The van der Waals surface area contributed by atoms with Crippen LogP contribution in [-0.2, 0) is 16.0 Å². The van der Waals surface area contributed by atoms with Gasteiger partial charge in [0.15, 0.2) is 6.10 Å². The molecule has 120 valence electrons. The number of fused-ring (bicyclic) bond motifs is 1. The van der Waals surface area contributed by atoms with Crippen LogP contribution in [0, 0.1) is 6.92 Å². The second-order valence-electron chi connectivity index (χ2n) is 5.25. The smallest absolute Gasteiger partial charge is 0.348 e. The van der Waals surface area contributed by atoms with Gasteiger partial charge in [0.25, 0.3) is 5.91 Å². The molecule has 0 spiro atoms. The molecule has 5 nitrogen and oxygen atoms in total. The second kappa shape index (κ2) is 6.42. The van der Waals surface area contributed by atoms with Crippen molar-refractivity contribution in [3.63, 3.8) is 0 Å². The molecule has 23 heavy (non-hydrogen) atoms. The van der Waals surface area contributed by atoms with E-state index in [1.54, 1.807) is 13.0 Å². The summed E-state index contributed by atoms with van der Waals surface area (Å²) in [6.45, 7) is 3.91. The zero-order chi connectivity index (χ0) is 16.4. The molecule has 0 aliphatic carbocycles. The van der Waals surface area contributed by atoms with E-state index >= 15 is 0 Å². The Morgan fingerprint density at radius 1 is 1.39 bits per heavy atom. The Bertz CT molecular complexity index is 728. The number of esters is 1. The summed E-state index contributed by atoms with van der Waals surface area (Å²) in [7, 11) is 0. The Labute approximate surface area is 138 Å². The summed E-state index contributed by atoms with van der Waals surface area (Å²) >= 11 is 1.22. The van der Waals surface area contributed by atoms with E-state index < -0.39 is 6.10 Å². The lowest BCUT2D eigenvalue weighted by Gasteiger charge is -2.09. The van der Waals surface area contributed by atoms with E-state index in [1.807, 2.05) is 31.2 Å². The summed E-state index contributed by atoms with van der Waals surface area (Å²) in [6, 6.07) is 9.40. The maximum atomic E-state index is 12.4. The number of hydrogen-bond acceptors (Lipinski definition) is 5. The molecule has 1 aromatic heterocycles. The normalized spacial score (nSPS) is 15.7. The lowest BCUT2D eigenvalue weighted by Crippen LogP contribution is -2.31. The Kier molecular flexibility index (Phi) is 4.34. The van der Waals surface area contributed by atoms with E-state index in [2.05, 4.69) is 5.32 Å². The largest absolute Gasteiger partial charge is 0.480 e. The van der Waals surface area contributed by atoms with Crippen molar-refractivity contribution in [3.8, 4) is 5.75 Å². The van der Waals surface area contributed by atoms with Crippen LogP contribution in [0.4, 0.5) is 5.00 Å². The third-order valence-electron chi connectivity index (χ3n) is 3.56. The first kappa shape index (κ1) is 15.6. The molecule has 1 atom stereocenters. The van der Waals surface area contributed by atoms with Gasteiger partial charge in [-0.15, -0.1) is 11.3 Å². The lowest BCUT2D eigenvalue weighted by atomic mass is 10.1. The van der Waals surface area contributed by atoms with Crippen molar-refractivity contribution in [2.45, 2.75) is 26.4 Å². The molecule has 0 fully saturated rings. The molecule has 2 heterocycles. The second-order valence-corrected chi connectivity index (χ2v) is 6.30. The number of thiophene rings is 1. The van der Waals surface area contributed by atoms with Gasteiger partial charge in [0.1, 0.15) is 10.6 Å². The number of rotatable bonds is 4. The van der Waals surface area contributed by atoms with Crippen LogP contribution in [0.15, 0.2) is 30.3 Å². The molecular formula is C17H17NO4S. The minimum absolute atomic E-state index is 0.210. The van der Waals surface area contributed by atoms with Gasteiger partial charge in [0, 0.05) is 6.42 Å². The van der Waals surface area contributed by atoms with Crippen LogP contribution < -0.4 is 10.1 Å². The number of hydrogen-bond donors (Lipinski definition) is 1. The van der Waals surface area contributed by atoms with E-state index in [0.717, 1.165) is 16.9 Å². The zero-order valence-corrected chi connectivity index (χ0v) is 13.7. The first-order valence-corrected chi connectivity index (χ1v) is 8.23. The van der Waals surface area contributed by atoms with Gasteiger partial charge in [0.2, 0.25) is 0 Å². The van der Waals surface area contributed by atoms with Crippen LogP contribution >= 0.6 is 11.3 Å². The minimum Gasteiger partial charge on any atom is -0.480 e. The summed E-state index contributed by atoms with van der Waals surface area (Å²) < 4.78 is 10.7. The van der Waals surface area contributed by atoms with E-state index in [0.29, 0.717) is 22.9 Å². The van der Waals surface area contributed by atoms with Gasteiger partial charge in [-0.2, -0.15) is 0 Å². The Morgan fingerprint density at radius 2 is 2.17 bits per heavy atom. The lowest BCUT2D eigenvalue weighted by molar-refractivity contribution is -0.122. The minimum atomic E-state index is -0.541. The zero-order valence-electron chi connectivity index (χ0n) is 12.9. The summed E-state index contributed by atoms with van der Waals surface area (Å²) in [5, 5.41) is 3.44. The molecule has 6 heteroatoms. The highest BCUT2D eigenvalue weighted by Gasteiger charge is 2.29. The van der Waals surface area contributed by atoms with Gasteiger partial charge in [0.05, 0.1) is 11.6 Å². The standard InChI is InChI=1S/C17H17NO4S/c1-3-21-17(20)15-10(2)8-14(23-15)18-16(19)13-9-11-6-4-5-7-12(11)22-13/h4-8,13H,3,9H2,1-2H3,(H,18,19). The molecule has 0 saturated heterocycles. The van der Waals surface area contributed by atoms with Crippen LogP contribution in [0.25, 0.3) is 0 Å². The van der Waals surface area contributed by atoms with Crippen molar-refractivity contribution in [1.29, 1.82) is 0 Å². The predicted molar refractivity (Wildman–Crippen MR) is 88.2 cm³/mol. The number of carbonyl (C=O) groups excluding carboxylic acids is 2. The number of carbonyl (C=O) groups is 2. The monoisotopic (exact) mass is 331 g/mol. The van der Waals surface area contributed by atoms with Crippen LogP contribution in [0.2, 0.25) is 0 Å². The number of nitrogens with one attached hydrogen (secondary N) is 1. The molecule has 0 radical (unpaired) electrons. The van der Waals surface area contributed by atoms with E-state index in [1.165, 1.54) is 11.3 Å². The topological polar surface area (TPSA) is 64.6 Å². The third-order valence-corrected chi connectivity index (χ3v) is 4.70. The molecule has 1 aromatic carbocycles. The van der Waals surface area contributed by atoms with Crippen LogP contribution in [-0.4, -0.2) is 24.6 Å². The summed E-state index contributed by atoms with van der Waals surface area (Å²) in [5.41, 5.74) is 1.82. The predicted octanol–water partition coefficient (Wildman–Crippen LogP) is 3.18. The molecule has 3 rings (SSSR count). The number of anilines is 1. The molecule has 1 unspecified atom stereocenters. The van der Waals surface area contributed by atoms with Gasteiger partial charge in [-0.3, -0.25) is 4.79 Å². The van der Waals surface area contributed by atoms with Crippen LogP contribution in [0.1, 0.15) is 27.7 Å². The van der Waals surface area contributed by atoms with Crippen molar-refractivity contribution in [2.24, 2.45) is 0 Å². The Hall–Kier alpha value is -2.34. The fraction of sp³-hybridized carbons (Fsp3) is 0.294. The highest BCUT2D eigenvalue weighted by molar-refractivity contribution is 7.18. The number of para-hydroxylation sites is 1. The van der Waals surface area contributed by atoms with Crippen molar-refractivity contribution in [1.82, 2.24) is 0 Å². The average molecular weight is 331 g/mol. The first-order chi connectivity index (χ1) is 11.1. The highest BCUT2D eigenvalue weighted by Crippen LogP contribution is 2.31. The molecule has 2 aromatic rings. The highest BCUT2D eigenvalue weighted by atomic mass is 32.1. The number of amides is 1. The SMILES string of the molecule is CCOC(=O)c1sc(NC(=O)C2Cc3ccccc3O2)cc1C. The van der Waals surface area contributed by atoms with Crippen LogP contribution in [0.5, 0.6) is 5.75 Å². The maximum absolute atomic E-state index is 12.4. The summed E-state index contributed by atoms with van der Waals surface area (Å²) in [4.78, 5) is 24.7. The fourth-order valence-corrected chi connectivity index (χ4v) is 3.44. The third kappa shape index (κ3) is 3.22. The Morgan fingerprint density at radius 3 is 2.91 bits per heavy atom. The van der Waals surface area contributed by atoms with Gasteiger partial charge >= 0.3 is 5.97 Å². The molecule has 1 aliphatic heterocycles. The number of benzene rings is 1. The van der Waals surface area contributed by atoms with Crippen molar-refractivity contribution in [2.75, 3.05) is 11.9 Å². The van der Waals surface area contributed by atoms with Crippen molar-refractivity contribution >= 4 is 28.2 Å². The first-order valence-electron chi connectivity index (χ1n) is 7.41. The van der Waals surface area contributed by atoms with E-state index in [4.69, 9.17) is 9.47 Å². The van der Waals surface area contributed by atoms with Gasteiger partial charge < -0.3 is 14.8 Å². The molecule has 1 amide bonds. The van der Waals surface area contributed by atoms with E-state index in [9.17, 15) is 9.59 Å². The summed E-state index contributed by atoms with van der Waals surface area (Å²) in [6.07, 6.45) is 0.0118. The Balaban J connectivity index is 1.68. The van der Waals surface area contributed by atoms with Crippen molar-refractivity contribution < 1.29 is 19.1 Å². The fourth-order valence-electron chi connectivity index (χ4n) is 2.47.